The van der Waals surface area contributed by atoms with Crippen molar-refractivity contribution in [3.05, 3.63) is 96.7 Å². The SMILES string of the molecule is FC(F)(F)c1cc(NCc2cn(-c3ccc(-n4ccc5ccccc54)cc3)nn2)ccn1. The van der Waals surface area contributed by atoms with Crippen LogP contribution in [0.2, 0.25) is 0 Å². The molecule has 3 heterocycles. The second-order valence-corrected chi connectivity index (χ2v) is 7.20. The third kappa shape index (κ3) is 3.92. The number of rotatable bonds is 5. The highest BCUT2D eigenvalue weighted by Crippen LogP contribution is 2.29. The van der Waals surface area contributed by atoms with Crippen molar-refractivity contribution in [2.75, 3.05) is 5.32 Å². The summed E-state index contributed by atoms with van der Waals surface area (Å²) in [4.78, 5) is 3.35. The van der Waals surface area contributed by atoms with Crippen molar-refractivity contribution < 1.29 is 13.2 Å². The second kappa shape index (κ2) is 7.84. The summed E-state index contributed by atoms with van der Waals surface area (Å²) in [5.74, 6) is 0. The lowest BCUT2D eigenvalue weighted by Gasteiger charge is -2.08. The standard InChI is InChI=1S/C23H17F3N6/c24-23(25,26)22-13-17(9-11-27-22)28-14-18-15-32(30-29-18)20-7-5-19(6-8-20)31-12-10-16-3-1-2-4-21(16)31/h1-13,15H,14H2,(H,27,28). The largest absolute Gasteiger partial charge is 0.433 e. The quantitative estimate of drug-likeness (QED) is 0.411. The summed E-state index contributed by atoms with van der Waals surface area (Å²) in [6.45, 7) is 0.231. The average Bonchev–Trinajstić information content (AvgIpc) is 3.45. The molecule has 0 unspecified atom stereocenters. The highest BCUT2D eigenvalue weighted by atomic mass is 19.4. The molecule has 0 spiro atoms. The van der Waals surface area contributed by atoms with Gasteiger partial charge in [-0.15, -0.1) is 5.10 Å². The van der Waals surface area contributed by atoms with E-state index in [1.807, 2.05) is 42.6 Å². The molecule has 0 fully saturated rings. The first-order chi connectivity index (χ1) is 15.5. The highest BCUT2D eigenvalue weighted by Gasteiger charge is 2.32. The van der Waals surface area contributed by atoms with Crippen LogP contribution < -0.4 is 5.32 Å². The van der Waals surface area contributed by atoms with Crippen LogP contribution in [-0.4, -0.2) is 24.5 Å². The lowest BCUT2D eigenvalue weighted by Crippen LogP contribution is -2.09. The molecule has 6 nitrogen and oxygen atoms in total. The first-order valence-corrected chi connectivity index (χ1v) is 9.83. The number of pyridine rings is 1. The fourth-order valence-corrected chi connectivity index (χ4v) is 3.47. The van der Waals surface area contributed by atoms with Gasteiger partial charge in [0.2, 0.25) is 0 Å². The van der Waals surface area contributed by atoms with Crippen LogP contribution in [0.1, 0.15) is 11.4 Å². The van der Waals surface area contributed by atoms with E-state index in [1.54, 1.807) is 10.9 Å². The molecule has 0 bridgehead atoms. The molecule has 5 rings (SSSR count). The summed E-state index contributed by atoms with van der Waals surface area (Å²) in [5, 5.41) is 12.3. The van der Waals surface area contributed by atoms with Crippen LogP contribution >= 0.6 is 0 Å². The first kappa shape index (κ1) is 19.8. The van der Waals surface area contributed by atoms with Gasteiger partial charge in [0, 0.05) is 23.8 Å². The zero-order valence-electron chi connectivity index (χ0n) is 16.7. The fraction of sp³-hybridized carbons (Fsp3) is 0.0870. The van der Waals surface area contributed by atoms with Crippen molar-refractivity contribution >= 4 is 16.6 Å². The number of anilines is 1. The molecule has 32 heavy (non-hydrogen) atoms. The van der Waals surface area contributed by atoms with Gasteiger partial charge in [-0.1, -0.05) is 23.4 Å². The van der Waals surface area contributed by atoms with Gasteiger partial charge in [-0.2, -0.15) is 13.2 Å². The molecule has 0 saturated heterocycles. The normalized spacial score (nSPS) is 11.7. The smallest absolute Gasteiger partial charge is 0.379 e. The minimum absolute atomic E-state index is 0.231. The van der Waals surface area contributed by atoms with Gasteiger partial charge in [0.05, 0.1) is 23.9 Å². The Kier molecular flexibility index (Phi) is 4.85. The number of nitrogens with zero attached hydrogens (tertiary/aromatic N) is 5. The molecule has 1 N–H and O–H groups in total. The Morgan fingerprint density at radius 2 is 1.69 bits per heavy atom. The molecule has 160 valence electrons. The molecule has 0 amide bonds. The van der Waals surface area contributed by atoms with Gasteiger partial charge in [0.1, 0.15) is 11.4 Å². The van der Waals surface area contributed by atoms with E-state index < -0.39 is 11.9 Å². The van der Waals surface area contributed by atoms with Gasteiger partial charge < -0.3 is 9.88 Å². The molecule has 3 aromatic heterocycles. The number of halogens is 3. The van der Waals surface area contributed by atoms with Crippen LogP contribution in [0.25, 0.3) is 22.3 Å². The van der Waals surface area contributed by atoms with Gasteiger partial charge in [0.15, 0.2) is 0 Å². The van der Waals surface area contributed by atoms with Crippen molar-refractivity contribution in [3.8, 4) is 11.4 Å². The molecular weight excluding hydrogens is 417 g/mol. The van der Waals surface area contributed by atoms with Crippen molar-refractivity contribution in [1.29, 1.82) is 0 Å². The van der Waals surface area contributed by atoms with E-state index in [2.05, 4.69) is 43.4 Å². The minimum Gasteiger partial charge on any atom is -0.379 e. The van der Waals surface area contributed by atoms with E-state index in [9.17, 15) is 13.2 Å². The number of hydrogen-bond acceptors (Lipinski definition) is 4. The van der Waals surface area contributed by atoms with E-state index in [-0.39, 0.29) is 6.54 Å². The highest BCUT2D eigenvalue weighted by molar-refractivity contribution is 5.81. The number of aromatic nitrogens is 5. The minimum atomic E-state index is -4.49. The zero-order chi connectivity index (χ0) is 22.1. The van der Waals surface area contributed by atoms with Crippen molar-refractivity contribution in [2.24, 2.45) is 0 Å². The fourth-order valence-electron chi connectivity index (χ4n) is 3.47. The number of fused-ring (bicyclic) bond motifs is 1. The maximum absolute atomic E-state index is 12.8. The number of nitrogens with one attached hydrogen (secondary N) is 1. The predicted molar refractivity (Wildman–Crippen MR) is 115 cm³/mol. The summed E-state index contributed by atoms with van der Waals surface area (Å²) in [7, 11) is 0. The number of benzene rings is 2. The van der Waals surface area contributed by atoms with Crippen molar-refractivity contribution in [1.82, 2.24) is 24.5 Å². The van der Waals surface area contributed by atoms with Crippen molar-refractivity contribution in [3.63, 3.8) is 0 Å². The molecule has 0 aliphatic carbocycles. The van der Waals surface area contributed by atoms with Gasteiger partial charge in [0.25, 0.3) is 0 Å². The maximum Gasteiger partial charge on any atom is 0.433 e. The molecule has 9 heteroatoms. The molecule has 5 aromatic rings. The second-order valence-electron chi connectivity index (χ2n) is 7.20. The number of para-hydroxylation sites is 1. The molecule has 0 radical (unpaired) electrons. The third-order valence-electron chi connectivity index (χ3n) is 5.06. The van der Waals surface area contributed by atoms with Gasteiger partial charge >= 0.3 is 6.18 Å². The van der Waals surface area contributed by atoms with Crippen LogP contribution in [0.5, 0.6) is 0 Å². The first-order valence-electron chi connectivity index (χ1n) is 9.83. The molecular formula is C23H17F3N6. The molecule has 0 aliphatic rings. The monoisotopic (exact) mass is 434 g/mol. The topological polar surface area (TPSA) is 60.6 Å². The molecule has 2 aromatic carbocycles. The zero-order valence-corrected chi connectivity index (χ0v) is 16.7. The van der Waals surface area contributed by atoms with E-state index in [1.165, 1.54) is 11.5 Å². The van der Waals surface area contributed by atoms with Crippen LogP contribution in [0, 0.1) is 0 Å². The molecule has 0 atom stereocenters. The van der Waals surface area contributed by atoms with Crippen molar-refractivity contribution in [2.45, 2.75) is 12.7 Å². The van der Waals surface area contributed by atoms with Gasteiger partial charge in [-0.3, -0.25) is 4.98 Å². The summed E-state index contributed by atoms with van der Waals surface area (Å²) in [5.41, 5.74) is 2.93. The Morgan fingerprint density at radius 1 is 0.906 bits per heavy atom. The third-order valence-corrected chi connectivity index (χ3v) is 5.06. The summed E-state index contributed by atoms with van der Waals surface area (Å²) >= 11 is 0. The summed E-state index contributed by atoms with van der Waals surface area (Å²) in [6.07, 6.45) is 0.401. The maximum atomic E-state index is 12.8. The lowest BCUT2D eigenvalue weighted by molar-refractivity contribution is -0.141. The molecule has 0 saturated carbocycles. The van der Waals surface area contributed by atoms with Crippen LogP contribution in [0.3, 0.4) is 0 Å². The Labute approximate surface area is 180 Å². The van der Waals surface area contributed by atoms with E-state index in [0.717, 1.165) is 29.2 Å². The van der Waals surface area contributed by atoms with E-state index in [0.29, 0.717) is 11.4 Å². The molecule has 0 aliphatic heterocycles. The van der Waals surface area contributed by atoms with Crippen LogP contribution in [0.15, 0.2) is 85.3 Å². The van der Waals surface area contributed by atoms with E-state index in [4.69, 9.17) is 0 Å². The Balaban J connectivity index is 1.30. The number of alkyl halides is 3. The number of hydrogen-bond donors (Lipinski definition) is 1. The van der Waals surface area contributed by atoms with Gasteiger partial charge in [-0.05, 0) is 53.9 Å². The average molecular weight is 434 g/mol. The predicted octanol–water partition coefficient (Wildman–Crippen LogP) is 5.24. The van der Waals surface area contributed by atoms with E-state index >= 15 is 0 Å². The van der Waals surface area contributed by atoms with Crippen LogP contribution in [0.4, 0.5) is 18.9 Å². The summed E-state index contributed by atoms with van der Waals surface area (Å²) in [6, 6.07) is 20.5. The van der Waals surface area contributed by atoms with Gasteiger partial charge in [-0.25, -0.2) is 4.68 Å². The van der Waals surface area contributed by atoms with Crippen LogP contribution in [-0.2, 0) is 12.7 Å². The summed E-state index contributed by atoms with van der Waals surface area (Å²) < 4.78 is 42.1. The Bertz CT molecular complexity index is 1370. The Hall–Kier alpha value is -4.14. The lowest BCUT2D eigenvalue weighted by atomic mass is 10.2. The Morgan fingerprint density at radius 3 is 2.50 bits per heavy atom.